The van der Waals surface area contributed by atoms with Gasteiger partial charge in [0, 0.05) is 42.9 Å². The van der Waals surface area contributed by atoms with Crippen molar-refractivity contribution in [3.63, 3.8) is 0 Å². The maximum Gasteiger partial charge on any atom is 0.163 e. The lowest BCUT2D eigenvalue weighted by Gasteiger charge is -2.12. The van der Waals surface area contributed by atoms with Crippen molar-refractivity contribution in [3.8, 4) is 22.9 Å². The minimum absolute atomic E-state index is 0.721. The molecule has 5 heteroatoms. The molecule has 0 aliphatic carbocycles. The van der Waals surface area contributed by atoms with Gasteiger partial charge in [-0.25, -0.2) is 9.97 Å². The van der Waals surface area contributed by atoms with Crippen LogP contribution in [0.15, 0.2) is 158 Å². The summed E-state index contributed by atoms with van der Waals surface area (Å²) in [6, 6.07) is 56.5. The fraction of sp³-hybridized carbons (Fsp3) is 0. The summed E-state index contributed by atoms with van der Waals surface area (Å²) in [7, 11) is 0. The number of para-hydroxylation sites is 3. The lowest BCUT2D eigenvalue weighted by Crippen LogP contribution is -2.02. The molecule has 0 spiro atoms. The zero-order chi connectivity index (χ0) is 32.1. The van der Waals surface area contributed by atoms with Crippen LogP contribution in [0.1, 0.15) is 0 Å². The second kappa shape index (κ2) is 10.1. The second-order valence-corrected chi connectivity index (χ2v) is 13.7. The van der Waals surface area contributed by atoms with E-state index in [1.807, 2.05) is 0 Å². The highest BCUT2D eigenvalue weighted by atomic mass is 32.1. The van der Waals surface area contributed by atoms with Gasteiger partial charge in [-0.3, -0.25) is 4.57 Å². The highest BCUT2D eigenvalue weighted by molar-refractivity contribution is 7.25. The maximum atomic E-state index is 5.52. The quantitative estimate of drug-likeness (QED) is 0.192. The van der Waals surface area contributed by atoms with Gasteiger partial charge < -0.3 is 4.57 Å². The highest BCUT2D eigenvalue weighted by Gasteiger charge is 2.22. The molecule has 11 rings (SSSR count). The van der Waals surface area contributed by atoms with Gasteiger partial charge >= 0.3 is 0 Å². The maximum absolute atomic E-state index is 5.52. The summed E-state index contributed by atoms with van der Waals surface area (Å²) in [5.74, 6) is 1.63. The molecule has 228 valence electrons. The minimum atomic E-state index is 0.721. The molecule has 0 bridgehead atoms. The molecule has 0 fully saturated rings. The van der Waals surface area contributed by atoms with E-state index in [9.17, 15) is 0 Å². The van der Waals surface area contributed by atoms with Crippen molar-refractivity contribution in [1.82, 2.24) is 19.1 Å². The number of fused-ring (bicyclic) bond motifs is 10. The molecule has 0 saturated heterocycles. The SMILES string of the molecule is c1ccc(-n2c3ccccc3c3cc(-c4nc(-n5c6ccccc6c6cc7ccccc7cc65)c5c(n4)sc4ccccc45)ccc32)cc1. The molecule has 0 radical (unpaired) electrons. The van der Waals surface area contributed by atoms with E-state index in [1.165, 1.54) is 47.9 Å². The van der Waals surface area contributed by atoms with Crippen molar-refractivity contribution in [2.45, 2.75) is 0 Å². The number of aromatic nitrogens is 4. The predicted octanol–water partition coefficient (Wildman–Crippen LogP) is 11.9. The number of benzene rings is 7. The van der Waals surface area contributed by atoms with E-state index in [2.05, 4.69) is 167 Å². The van der Waals surface area contributed by atoms with Gasteiger partial charge in [-0.1, -0.05) is 97.1 Å². The third kappa shape index (κ3) is 3.85. The molecule has 4 heterocycles. The van der Waals surface area contributed by atoms with Crippen LogP contribution in [0, 0.1) is 0 Å². The topological polar surface area (TPSA) is 35.6 Å². The standard InChI is InChI=1S/C44H26N4S/c1-2-14-30(15-3-1)47-36-19-9-6-16-31(36)34-25-29(22-23-38(34)47)42-45-43(41-33-18-8-11-21-40(33)49-44(41)46-42)48-37-20-10-7-17-32(37)35-24-27-12-4-5-13-28(27)26-39(35)48/h1-26H. The Labute approximate surface area is 284 Å². The third-order valence-electron chi connectivity index (χ3n) is 9.92. The number of thiophene rings is 1. The van der Waals surface area contributed by atoms with Crippen molar-refractivity contribution >= 4 is 86.0 Å². The van der Waals surface area contributed by atoms with E-state index in [-0.39, 0.29) is 0 Å². The van der Waals surface area contributed by atoms with E-state index >= 15 is 0 Å². The van der Waals surface area contributed by atoms with Crippen LogP contribution < -0.4 is 0 Å². The molecule has 0 aliphatic rings. The number of hydrogen-bond acceptors (Lipinski definition) is 3. The summed E-state index contributed by atoms with van der Waals surface area (Å²) >= 11 is 1.73. The minimum Gasteiger partial charge on any atom is -0.309 e. The molecular formula is C44H26N4S. The van der Waals surface area contributed by atoms with Crippen LogP contribution in [-0.2, 0) is 0 Å². The average Bonchev–Trinajstić information content (AvgIpc) is 3.81. The van der Waals surface area contributed by atoms with Crippen LogP contribution >= 0.6 is 11.3 Å². The van der Waals surface area contributed by atoms with E-state index in [0.29, 0.717) is 0 Å². The molecule has 0 unspecified atom stereocenters. The Balaban J connectivity index is 1.24. The number of hydrogen-bond donors (Lipinski definition) is 0. The summed E-state index contributed by atoms with van der Waals surface area (Å²) in [6.07, 6.45) is 0. The summed E-state index contributed by atoms with van der Waals surface area (Å²) in [5.41, 5.74) is 6.76. The molecule has 0 aliphatic heterocycles. The van der Waals surface area contributed by atoms with Gasteiger partial charge in [0.1, 0.15) is 4.83 Å². The largest absolute Gasteiger partial charge is 0.309 e. The first-order chi connectivity index (χ1) is 24.3. The van der Waals surface area contributed by atoms with Crippen LogP contribution in [0.4, 0.5) is 0 Å². The molecule has 7 aromatic carbocycles. The molecular weight excluding hydrogens is 617 g/mol. The van der Waals surface area contributed by atoms with Gasteiger partial charge in [0.25, 0.3) is 0 Å². The molecule has 11 aromatic rings. The van der Waals surface area contributed by atoms with Crippen LogP contribution in [0.5, 0.6) is 0 Å². The summed E-state index contributed by atoms with van der Waals surface area (Å²) in [4.78, 5) is 11.8. The predicted molar refractivity (Wildman–Crippen MR) is 207 cm³/mol. The molecule has 0 N–H and O–H groups in total. The van der Waals surface area contributed by atoms with Crippen molar-refractivity contribution < 1.29 is 0 Å². The molecule has 0 amide bonds. The molecule has 49 heavy (non-hydrogen) atoms. The lowest BCUT2D eigenvalue weighted by molar-refractivity contribution is 1.08. The second-order valence-electron chi connectivity index (χ2n) is 12.6. The average molecular weight is 643 g/mol. The Kier molecular flexibility index (Phi) is 5.51. The fourth-order valence-electron chi connectivity index (χ4n) is 7.75. The Morgan fingerprint density at radius 1 is 0.429 bits per heavy atom. The summed E-state index contributed by atoms with van der Waals surface area (Å²) < 4.78 is 5.92. The lowest BCUT2D eigenvalue weighted by atomic mass is 10.1. The van der Waals surface area contributed by atoms with Crippen molar-refractivity contribution in [2.75, 3.05) is 0 Å². The zero-order valence-corrected chi connectivity index (χ0v) is 27.0. The van der Waals surface area contributed by atoms with Crippen LogP contribution in [-0.4, -0.2) is 19.1 Å². The van der Waals surface area contributed by atoms with E-state index < -0.39 is 0 Å². The number of rotatable bonds is 3. The first-order valence-corrected chi connectivity index (χ1v) is 17.3. The Morgan fingerprint density at radius 2 is 1.04 bits per heavy atom. The van der Waals surface area contributed by atoms with Gasteiger partial charge in [0.05, 0.1) is 27.5 Å². The molecule has 0 saturated carbocycles. The van der Waals surface area contributed by atoms with E-state index in [4.69, 9.17) is 9.97 Å². The van der Waals surface area contributed by atoms with Crippen LogP contribution in [0.3, 0.4) is 0 Å². The smallest absolute Gasteiger partial charge is 0.163 e. The van der Waals surface area contributed by atoms with Crippen LogP contribution in [0.25, 0.3) is 97.6 Å². The van der Waals surface area contributed by atoms with Crippen LogP contribution in [0.2, 0.25) is 0 Å². The Hall–Kier alpha value is -6.30. The van der Waals surface area contributed by atoms with E-state index in [0.717, 1.165) is 49.7 Å². The first kappa shape index (κ1) is 26.7. The molecule has 4 nitrogen and oxygen atoms in total. The zero-order valence-electron chi connectivity index (χ0n) is 26.2. The Morgan fingerprint density at radius 3 is 1.84 bits per heavy atom. The van der Waals surface area contributed by atoms with Crippen molar-refractivity contribution in [3.05, 3.63) is 158 Å². The molecule has 0 atom stereocenters. The van der Waals surface area contributed by atoms with Gasteiger partial charge in [0.2, 0.25) is 0 Å². The highest BCUT2D eigenvalue weighted by Crippen LogP contribution is 2.42. The monoisotopic (exact) mass is 642 g/mol. The molecule has 4 aromatic heterocycles. The van der Waals surface area contributed by atoms with Gasteiger partial charge in [-0.05, 0) is 71.4 Å². The number of nitrogens with zero attached hydrogens (tertiary/aromatic N) is 4. The van der Waals surface area contributed by atoms with Gasteiger partial charge in [0.15, 0.2) is 11.6 Å². The van der Waals surface area contributed by atoms with Crippen molar-refractivity contribution in [2.24, 2.45) is 0 Å². The van der Waals surface area contributed by atoms with Crippen molar-refractivity contribution in [1.29, 1.82) is 0 Å². The summed E-state index contributed by atoms with van der Waals surface area (Å²) in [6.45, 7) is 0. The Bertz CT molecular complexity index is 3110. The summed E-state index contributed by atoms with van der Waals surface area (Å²) in [5, 5.41) is 9.53. The van der Waals surface area contributed by atoms with E-state index in [1.54, 1.807) is 11.3 Å². The third-order valence-corrected chi connectivity index (χ3v) is 11.0. The fourth-order valence-corrected chi connectivity index (χ4v) is 8.82. The first-order valence-electron chi connectivity index (χ1n) is 16.5. The van der Waals surface area contributed by atoms with Gasteiger partial charge in [-0.15, -0.1) is 11.3 Å². The van der Waals surface area contributed by atoms with Gasteiger partial charge in [-0.2, -0.15) is 0 Å². The normalized spacial score (nSPS) is 12.1.